The molecule has 1 atom stereocenters. The van der Waals surface area contributed by atoms with Gasteiger partial charge < -0.3 is 15.5 Å². The number of carbonyl (C=O) groups is 1. The second-order valence-electron chi connectivity index (χ2n) is 6.84. The maximum absolute atomic E-state index is 12.3. The molecule has 0 aliphatic heterocycles. The highest BCUT2D eigenvalue weighted by atomic mass is 16.2. The van der Waals surface area contributed by atoms with Crippen molar-refractivity contribution in [3.05, 3.63) is 60.2 Å². The van der Waals surface area contributed by atoms with E-state index in [4.69, 9.17) is 0 Å². The molecule has 146 valence electrons. The third-order valence-corrected chi connectivity index (χ3v) is 4.78. The number of nitrogens with one attached hydrogen (secondary N) is 2. The predicted octanol–water partition coefficient (Wildman–Crippen LogP) is 3.83. The third kappa shape index (κ3) is 6.61. The number of hydrogen-bond acceptors (Lipinski definition) is 3. The van der Waals surface area contributed by atoms with Crippen LogP contribution in [0, 0.1) is 0 Å². The van der Waals surface area contributed by atoms with E-state index < -0.39 is 0 Å². The van der Waals surface area contributed by atoms with Gasteiger partial charge in [-0.2, -0.15) is 0 Å². The molecule has 0 saturated heterocycles. The third-order valence-electron chi connectivity index (χ3n) is 4.78. The molecule has 0 fully saturated rings. The Labute approximate surface area is 163 Å². The summed E-state index contributed by atoms with van der Waals surface area (Å²) in [4.78, 5) is 16.8. The van der Waals surface area contributed by atoms with E-state index in [1.807, 2.05) is 49.3 Å². The lowest BCUT2D eigenvalue weighted by Gasteiger charge is -2.30. The molecular formula is C22H32N4O. The van der Waals surface area contributed by atoms with Crippen LogP contribution in [0.4, 0.5) is 16.2 Å². The molecule has 0 aromatic heterocycles. The molecule has 5 heteroatoms. The minimum Gasteiger partial charge on any atom is -0.378 e. The van der Waals surface area contributed by atoms with Crippen LogP contribution in [0.1, 0.15) is 19.4 Å². The van der Waals surface area contributed by atoms with Crippen molar-refractivity contribution in [2.75, 3.05) is 43.9 Å². The Morgan fingerprint density at radius 1 is 0.963 bits per heavy atom. The Hall–Kier alpha value is -2.53. The highest BCUT2D eigenvalue weighted by Crippen LogP contribution is 2.15. The number of likely N-dealkylation sites (N-methyl/N-ethyl adjacent to an activating group) is 1. The molecule has 0 aliphatic carbocycles. The highest BCUT2D eigenvalue weighted by Gasteiger charge is 2.17. The zero-order valence-electron chi connectivity index (χ0n) is 16.9. The summed E-state index contributed by atoms with van der Waals surface area (Å²) in [5.41, 5.74) is 3.18. The van der Waals surface area contributed by atoms with Crippen molar-refractivity contribution in [3.63, 3.8) is 0 Å². The Balaban J connectivity index is 1.93. The van der Waals surface area contributed by atoms with Gasteiger partial charge in [-0.3, -0.25) is 4.90 Å². The van der Waals surface area contributed by atoms with Gasteiger partial charge in [0.25, 0.3) is 0 Å². The smallest absolute Gasteiger partial charge is 0.319 e. The monoisotopic (exact) mass is 368 g/mol. The van der Waals surface area contributed by atoms with Crippen molar-refractivity contribution in [1.82, 2.24) is 10.2 Å². The quantitative estimate of drug-likeness (QED) is 0.707. The first-order valence-corrected chi connectivity index (χ1v) is 9.63. The van der Waals surface area contributed by atoms with Crippen molar-refractivity contribution in [2.24, 2.45) is 0 Å². The summed E-state index contributed by atoms with van der Waals surface area (Å²) < 4.78 is 0. The summed E-state index contributed by atoms with van der Waals surface area (Å²) in [5, 5.41) is 5.95. The maximum atomic E-state index is 12.3. The molecule has 2 amide bonds. The second kappa shape index (κ2) is 10.6. The van der Waals surface area contributed by atoms with Gasteiger partial charge in [0, 0.05) is 38.1 Å². The van der Waals surface area contributed by atoms with E-state index in [1.54, 1.807) is 0 Å². The van der Waals surface area contributed by atoms with Crippen LogP contribution in [0.15, 0.2) is 54.6 Å². The van der Waals surface area contributed by atoms with Gasteiger partial charge in [0.05, 0.1) is 0 Å². The van der Waals surface area contributed by atoms with E-state index in [1.165, 1.54) is 5.56 Å². The van der Waals surface area contributed by atoms with E-state index in [2.05, 4.69) is 53.6 Å². The lowest BCUT2D eigenvalue weighted by atomic mass is 10.0. The Morgan fingerprint density at radius 2 is 1.59 bits per heavy atom. The van der Waals surface area contributed by atoms with Gasteiger partial charge in [0.2, 0.25) is 0 Å². The first kappa shape index (κ1) is 20.8. The molecule has 2 aromatic carbocycles. The summed E-state index contributed by atoms with van der Waals surface area (Å²) in [6.07, 6.45) is 0.917. The largest absolute Gasteiger partial charge is 0.378 e. The molecule has 0 radical (unpaired) electrons. The molecule has 27 heavy (non-hydrogen) atoms. The number of anilines is 2. The molecule has 0 heterocycles. The van der Waals surface area contributed by atoms with Crippen LogP contribution in [0.5, 0.6) is 0 Å². The fourth-order valence-corrected chi connectivity index (χ4v) is 3.19. The first-order chi connectivity index (χ1) is 13.0. The van der Waals surface area contributed by atoms with Gasteiger partial charge in [0.1, 0.15) is 0 Å². The summed E-state index contributed by atoms with van der Waals surface area (Å²) in [6.45, 7) is 6.85. The summed E-state index contributed by atoms with van der Waals surface area (Å²) in [5.74, 6) is 0. The number of benzene rings is 2. The SMILES string of the molecule is CCN(CC)[C@@H](CNC(=O)Nc1ccc(N(C)C)cc1)Cc1ccccc1. The van der Waals surface area contributed by atoms with Gasteiger partial charge in [-0.15, -0.1) is 0 Å². The molecule has 2 N–H and O–H groups in total. The van der Waals surface area contributed by atoms with Gasteiger partial charge >= 0.3 is 6.03 Å². The minimum atomic E-state index is -0.169. The number of rotatable bonds is 9. The van der Waals surface area contributed by atoms with Crippen LogP contribution in [-0.2, 0) is 6.42 Å². The van der Waals surface area contributed by atoms with Crippen LogP contribution in [0.3, 0.4) is 0 Å². The predicted molar refractivity (Wildman–Crippen MR) is 115 cm³/mol. The Bertz CT molecular complexity index is 681. The van der Waals surface area contributed by atoms with Crippen molar-refractivity contribution >= 4 is 17.4 Å². The maximum Gasteiger partial charge on any atom is 0.319 e. The van der Waals surface area contributed by atoms with Crippen molar-refractivity contribution < 1.29 is 4.79 Å². The molecule has 5 nitrogen and oxygen atoms in total. The number of amides is 2. The number of nitrogens with zero attached hydrogens (tertiary/aromatic N) is 2. The molecule has 0 spiro atoms. The number of urea groups is 1. The van der Waals surface area contributed by atoms with Crippen LogP contribution >= 0.6 is 0 Å². The fourth-order valence-electron chi connectivity index (χ4n) is 3.19. The van der Waals surface area contributed by atoms with Crippen LogP contribution < -0.4 is 15.5 Å². The summed E-state index contributed by atoms with van der Waals surface area (Å²) in [6, 6.07) is 18.4. The normalized spacial score (nSPS) is 11.9. The summed E-state index contributed by atoms with van der Waals surface area (Å²) >= 11 is 0. The Morgan fingerprint density at radius 3 is 2.15 bits per heavy atom. The Kier molecular flexibility index (Phi) is 8.14. The zero-order valence-corrected chi connectivity index (χ0v) is 16.9. The van der Waals surface area contributed by atoms with Gasteiger partial charge in [-0.1, -0.05) is 44.2 Å². The van der Waals surface area contributed by atoms with E-state index in [-0.39, 0.29) is 12.1 Å². The molecule has 0 aliphatic rings. The highest BCUT2D eigenvalue weighted by molar-refractivity contribution is 5.89. The van der Waals surface area contributed by atoms with Crippen LogP contribution in [-0.4, -0.2) is 50.7 Å². The fraction of sp³-hybridized carbons (Fsp3) is 0.409. The lowest BCUT2D eigenvalue weighted by Crippen LogP contribution is -2.46. The van der Waals surface area contributed by atoms with Crippen LogP contribution in [0.25, 0.3) is 0 Å². The first-order valence-electron chi connectivity index (χ1n) is 9.63. The van der Waals surface area contributed by atoms with Gasteiger partial charge in [-0.05, 0) is 49.3 Å². The number of carbonyl (C=O) groups excluding carboxylic acids is 1. The average Bonchev–Trinajstić information content (AvgIpc) is 2.68. The topological polar surface area (TPSA) is 47.6 Å². The minimum absolute atomic E-state index is 0.169. The van der Waals surface area contributed by atoms with Crippen molar-refractivity contribution in [1.29, 1.82) is 0 Å². The van der Waals surface area contributed by atoms with E-state index in [9.17, 15) is 4.79 Å². The van der Waals surface area contributed by atoms with E-state index in [0.717, 1.165) is 30.9 Å². The lowest BCUT2D eigenvalue weighted by molar-refractivity contribution is 0.207. The molecule has 2 aromatic rings. The number of hydrogen-bond donors (Lipinski definition) is 2. The van der Waals surface area contributed by atoms with Gasteiger partial charge in [0.15, 0.2) is 0 Å². The summed E-state index contributed by atoms with van der Waals surface area (Å²) in [7, 11) is 3.99. The molecule has 0 saturated carbocycles. The second-order valence-corrected chi connectivity index (χ2v) is 6.84. The molecule has 2 rings (SSSR count). The van der Waals surface area contributed by atoms with Crippen molar-refractivity contribution in [3.8, 4) is 0 Å². The molecular weight excluding hydrogens is 336 g/mol. The average molecular weight is 369 g/mol. The molecule has 0 unspecified atom stereocenters. The van der Waals surface area contributed by atoms with Gasteiger partial charge in [-0.25, -0.2) is 4.79 Å². The van der Waals surface area contributed by atoms with E-state index in [0.29, 0.717) is 6.54 Å². The standard InChI is InChI=1S/C22H32N4O/c1-5-26(6-2)21(16-18-10-8-7-9-11-18)17-23-22(27)24-19-12-14-20(15-13-19)25(3)4/h7-15,21H,5-6,16-17H2,1-4H3,(H2,23,24,27)/t21-/m1/s1. The van der Waals surface area contributed by atoms with Crippen LogP contribution in [0.2, 0.25) is 0 Å². The zero-order chi connectivity index (χ0) is 19.6. The van der Waals surface area contributed by atoms with E-state index >= 15 is 0 Å². The van der Waals surface area contributed by atoms with Crippen molar-refractivity contribution in [2.45, 2.75) is 26.3 Å². The molecule has 0 bridgehead atoms.